The van der Waals surface area contributed by atoms with E-state index in [9.17, 15) is 9.18 Å². The molecule has 4 nitrogen and oxygen atoms in total. The van der Waals surface area contributed by atoms with E-state index >= 15 is 0 Å². The first kappa shape index (κ1) is 17.3. The number of furan rings is 1. The molecule has 5 heteroatoms. The van der Waals surface area contributed by atoms with Gasteiger partial charge in [-0.1, -0.05) is 42.5 Å². The fourth-order valence-electron chi connectivity index (χ4n) is 3.53. The zero-order valence-electron chi connectivity index (χ0n) is 15.5. The van der Waals surface area contributed by atoms with Crippen molar-refractivity contribution in [1.82, 2.24) is 0 Å². The van der Waals surface area contributed by atoms with E-state index in [0.717, 1.165) is 11.3 Å². The summed E-state index contributed by atoms with van der Waals surface area (Å²) in [6, 6.07) is 21.0. The molecule has 1 N–H and O–H groups in total. The molecule has 0 fully saturated rings. The molecule has 0 saturated heterocycles. The molecule has 142 valence electrons. The largest absolute Gasteiger partial charge is 0.439 e. The maximum absolute atomic E-state index is 13.5. The van der Waals surface area contributed by atoms with Crippen molar-refractivity contribution in [3.05, 3.63) is 94.6 Å². The van der Waals surface area contributed by atoms with Gasteiger partial charge >= 0.3 is 5.63 Å². The molecule has 5 rings (SSSR count). The van der Waals surface area contributed by atoms with Crippen molar-refractivity contribution in [3.8, 4) is 11.1 Å². The topological polar surface area (TPSA) is 55.4 Å². The third-order valence-corrected chi connectivity index (χ3v) is 4.97. The van der Waals surface area contributed by atoms with Gasteiger partial charge in [0, 0.05) is 5.69 Å². The molecule has 2 aromatic heterocycles. The van der Waals surface area contributed by atoms with Crippen molar-refractivity contribution in [2.75, 3.05) is 5.32 Å². The molecule has 0 saturated carbocycles. The second kappa shape index (κ2) is 6.63. The maximum atomic E-state index is 13.5. The third-order valence-electron chi connectivity index (χ3n) is 4.97. The van der Waals surface area contributed by atoms with Crippen LogP contribution in [-0.4, -0.2) is 0 Å². The maximum Gasteiger partial charge on any atom is 0.348 e. The second-order valence-corrected chi connectivity index (χ2v) is 6.84. The average Bonchev–Trinajstić information content (AvgIpc) is 3.10. The number of halogens is 1. The van der Waals surface area contributed by atoms with Crippen LogP contribution in [0.1, 0.15) is 5.56 Å². The summed E-state index contributed by atoms with van der Waals surface area (Å²) in [5.41, 5.74) is 3.46. The lowest BCUT2D eigenvalue weighted by molar-refractivity contribution is 0.566. The van der Waals surface area contributed by atoms with Gasteiger partial charge in [-0.05, 0) is 48.4 Å². The molecule has 0 atom stereocenters. The Morgan fingerprint density at radius 2 is 1.59 bits per heavy atom. The number of hydrogen-bond donors (Lipinski definition) is 1. The monoisotopic (exact) mass is 385 g/mol. The van der Waals surface area contributed by atoms with Crippen molar-refractivity contribution in [2.45, 2.75) is 6.92 Å². The molecular weight excluding hydrogens is 369 g/mol. The highest BCUT2D eigenvalue weighted by Gasteiger charge is 2.23. The first-order valence-corrected chi connectivity index (χ1v) is 9.19. The lowest BCUT2D eigenvalue weighted by atomic mass is 10.0. The van der Waals surface area contributed by atoms with Crippen molar-refractivity contribution < 1.29 is 13.2 Å². The summed E-state index contributed by atoms with van der Waals surface area (Å²) in [5.74, 6) is 0.0528. The van der Waals surface area contributed by atoms with E-state index in [1.165, 1.54) is 12.1 Å². The van der Waals surface area contributed by atoms with Crippen molar-refractivity contribution >= 4 is 33.5 Å². The Morgan fingerprint density at radius 3 is 2.38 bits per heavy atom. The van der Waals surface area contributed by atoms with Gasteiger partial charge in [-0.3, -0.25) is 0 Å². The van der Waals surface area contributed by atoms with Crippen LogP contribution in [0.4, 0.5) is 16.0 Å². The van der Waals surface area contributed by atoms with Gasteiger partial charge in [0.2, 0.25) is 5.88 Å². The van der Waals surface area contributed by atoms with Crippen LogP contribution in [0.2, 0.25) is 0 Å². The van der Waals surface area contributed by atoms with E-state index < -0.39 is 5.63 Å². The van der Waals surface area contributed by atoms with Crippen molar-refractivity contribution in [2.24, 2.45) is 0 Å². The number of rotatable bonds is 3. The molecule has 0 radical (unpaired) electrons. The number of para-hydroxylation sites is 2. The highest BCUT2D eigenvalue weighted by molar-refractivity contribution is 6.10. The zero-order chi connectivity index (χ0) is 20.0. The Kier molecular flexibility index (Phi) is 3.95. The molecule has 0 unspecified atom stereocenters. The SMILES string of the molecule is Cc1ccccc1Nc1oc2c(c1-c1ccc(F)cc1)c(=O)oc1ccccc12. The molecule has 29 heavy (non-hydrogen) atoms. The summed E-state index contributed by atoms with van der Waals surface area (Å²) >= 11 is 0. The molecule has 0 aliphatic rings. The molecule has 0 aliphatic carbocycles. The van der Waals surface area contributed by atoms with Gasteiger partial charge < -0.3 is 14.2 Å². The summed E-state index contributed by atoms with van der Waals surface area (Å²) in [4.78, 5) is 12.9. The predicted molar refractivity (Wildman–Crippen MR) is 112 cm³/mol. The Morgan fingerprint density at radius 1 is 0.862 bits per heavy atom. The molecule has 3 aromatic carbocycles. The van der Waals surface area contributed by atoms with E-state index in [2.05, 4.69) is 5.32 Å². The van der Waals surface area contributed by atoms with Crippen LogP contribution < -0.4 is 10.9 Å². The van der Waals surface area contributed by atoms with Crippen molar-refractivity contribution in [1.29, 1.82) is 0 Å². The second-order valence-electron chi connectivity index (χ2n) is 6.84. The Bertz CT molecular complexity index is 1410. The van der Waals surface area contributed by atoms with Gasteiger partial charge in [0.05, 0.1) is 10.9 Å². The number of aryl methyl sites for hydroxylation is 1. The predicted octanol–water partition coefficient (Wildman–Crippen LogP) is 6.40. The summed E-state index contributed by atoms with van der Waals surface area (Å²) in [6.07, 6.45) is 0. The van der Waals surface area contributed by atoms with E-state index in [4.69, 9.17) is 8.83 Å². The van der Waals surface area contributed by atoms with Gasteiger partial charge in [0.25, 0.3) is 0 Å². The van der Waals surface area contributed by atoms with E-state index in [1.54, 1.807) is 24.3 Å². The normalized spacial score (nSPS) is 11.2. The third kappa shape index (κ3) is 2.88. The smallest absolute Gasteiger partial charge is 0.348 e. The van der Waals surface area contributed by atoms with Gasteiger partial charge in [-0.25, -0.2) is 9.18 Å². The van der Waals surface area contributed by atoms with Crippen LogP contribution in [0.5, 0.6) is 0 Å². The van der Waals surface area contributed by atoms with E-state index in [-0.39, 0.29) is 5.82 Å². The summed E-state index contributed by atoms with van der Waals surface area (Å²) in [7, 11) is 0. The number of benzene rings is 3. The first-order valence-electron chi connectivity index (χ1n) is 9.19. The lowest BCUT2D eigenvalue weighted by Crippen LogP contribution is -2.00. The van der Waals surface area contributed by atoms with E-state index in [1.807, 2.05) is 43.3 Å². The zero-order valence-corrected chi connectivity index (χ0v) is 15.5. The van der Waals surface area contributed by atoms with Crippen LogP contribution in [0.15, 0.2) is 86.4 Å². The molecule has 5 aromatic rings. The van der Waals surface area contributed by atoms with Crippen LogP contribution in [0.25, 0.3) is 33.1 Å². The Balaban J connectivity index is 1.85. The highest BCUT2D eigenvalue weighted by Crippen LogP contribution is 2.41. The quantitative estimate of drug-likeness (QED) is 0.365. The minimum Gasteiger partial charge on any atom is -0.439 e. The minimum absolute atomic E-state index is 0.325. The molecule has 0 aliphatic heterocycles. The van der Waals surface area contributed by atoms with Crippen LogP contribution in [0.3, 0.4) is 0 Å². The summed E-state index contributed by atoms with van der Waals surface area (Å²) in [5, 5.41) is 4.32. The Hall–Kier alpha value is -3.86. The molecule has 0 spiro atoms. The van der Waals surface area contributed by atoms with Crippen molar-refractivity contribution in [3.63, 3.8) is 0 Å². The summed E-state index contributed by atoms with van der Waals surface area (Å²) in [6.45, 7) is 1.98. The first-order chi connectivity index (χ1) is 14.1. The van der Waals surface area contributed by atoms with Gasteiger partial charge in [0.15, 0.2) is 5.58 Å². The number of nitrogens with one attached hydrogen (secondary N) is 1. The molecular formula is C24H16FNO3. The van der Waals surface area contributed by atoms with Gasteiger partial charge in [-0.2, -0.15) is 0 Å². The highest BCUT2D eigenvalue weighted by atomic mass is 19.1. The standard InChI is InChI=1S/C24H16FNO3/c1-14-6-2-4-8-18(14)26-23-20(15-10-12-16(25)13-11-15)21-22(29-23)17-7-3-5-9-19(17)28-24(21)27/h2-13,26H,1H3. The van der Waals surface area contributed by atoms with Gasteiger partial charge in [0.1, 0.15) is 16.8 Å². The molecule has 2 heterocycles. The fraction of sp³-hybridized carbons (Fsp3) is 0.0417. The van der Waals surface area contributed by atoms with E-state index in [0.29, 0.717) is 38.9 Å². The van der Waals surface area contributed by atoms with Gasteiger partial charge in [-0.15, -0.1) is 0 Å². The lowest BCUT2D eigenvalue weighted by Gasteiger charge is -2.09. The number of hydrogen-bond acceptors (Lipinski definition) is 4. The molecule has 0 amide bonds. The minimum atomic E-state index is -0.500. The number of anilines is 2. The van der Waals surface area contributed by atoms with Crippen LogP contribution >= 0.6 is 0 Å². The average molecular weight is 385 g/mol. The van der Waals surface area contributed by atoms with Crippen LogP contribution in [0, 0.1) is 12.7 Å². The number of fused-ring (bicyclic) bond motifs is 3. The molecule has 0 bridgehead atoms. The van der Waals surface area contributed by atoms with Crippen LogP contribution in [-0.2, 0) is 0 Å². The fourth-order valence-corrected chi connectivity index (χ4v) is 3.53. The summed E-state index contributed by atoms with van der Waals surface area (Å²) < 4.78 is 25.2. The Labute approximate surface area is 165 Å².